The van der Waals surface area contributed by atoms with Crippen LogP contribution in [0.15, 0.2) is 18.2 Å². The highest BCUT2D eigenvalue weighted by atomic mass is 19.2. The highest BCUT2D eigenvalue weighted by Crippen LogP contribution is 2.25. The number of carboxylic acid groups (broad SMARTS) is 1. The van der Waals surface area contributed by atoms with Gasteiger partial charge in [0, 0.05) is 17.2 Å². The van der Waals surface area contributed by atoms with Crippen LogP contribution in [0.3, 0.4) is 0 Å². The fourth-order valence-electron chi connectivity index (χ4n) is 1.73. The normalized spacial score (nSPS) is 11.4. The Labute approximate surface area is 106 Å². The number of carbonyl (C=O) groups is 1. The maximum Gasteiger partial charge on any atom is 0.328 e. The largest absolute Gasteiger partial charge is 0.478 e. The van der Waals surface area contributed by atoms with Gasteiger partial charge in [0.1, 0.15) is 5.52 Å². The minimum atomic E-state index is -1.60. The van der Waals surface area contributed by atoms with Gasteiger partial charge >= 0.3 is 5.97 Å². The molecule has 0 spiro atoms. The van der Waals surface area contributed by atoms with Crippen LogP contribution >= 0.6 is 0 Å². The van der Waals surface area contributed by atoms with Gasteiger partial charge in [-0.25, -0.2) is 22.9 Å². The highest BCUT2D eigenvalue weighted by Gasteiger charge is 2.16. The smallest absolute Gasteiger partial charge is 0.328 e. The summed E-state index contributed by atoms with van der Waals surface area (Å²) in [5, 5.41) is 8.57. The molecular formula is C13H8F3NO2. The number of aromatic nitrogens is 1. The first-order chi connectivity index (χ1) is 8.90. The van der Waals surface area contributed by atoms with Gasteiger partial charge in [0.15, 0.2) is 17.5 Å². The number of pyridine rings is 1. The van der Waals surface area contributed by atoms with Gasteiger partial charge in [0.05, 0.1) is 0 Å². The van der Waals surface area contributed by atoms with Gasteiger partial charge in [-0.2, -0.15) is 0 Å². The van der Waals surface area contributed by atoms with Gasteiger partial charge in [-0.3, -0.25) is 0 Å². The van der Waals surface area contributed by atoms with E-state index in [1.54, 1.807) is 0 Å². The molecule has 0 amide bonds. The van der Waals surface area contributed by atoms with Gasteiger partial charge < -0.3 is 5.11 Å². The van der Waals surface area contributed by atoms with Crippen LogP contribution in [0.5, 0.6) is 0 Å². The average Bonchev–Trinajstić information content (AvgIpc) is 2.34. The van der Waals surface area contributed by atoms with Gasteiger partial charge in [-0.1, -0.05) is 0 Å². The Morgan fingerprint density at radius 1 is 1.26 bits per heavy atom. The molecule has 0 fully saturated rings. The van der Waals surface area contributed by atoms with Crippen LogP contribution in [0.4, 0.5) is 13.2 Å². The molecule has 0 bridgehead atoms. The first kappa shape index (κ1) is 13.1. The van der Waals surface area contributed by atoms with E-state index in [1.165, 1.54) is 19.1 Å². The van der Waals surface area contributed by atoms with Crippen molar-refractivity contribution in [2.75, 3.05) is 0 Å². The van der Waals surface area contributed by atoms with Gasteiger partial charge in [-0.05, 0) is 30.7 Å². The summed E-state index contributed by atoms with van der Waals surface area (Å²) in [6.07, 6.45) is 2.00. The fraction of sp³-hybridized carbons (Fsp3) is 0.0769. The zero-order valence-electron chi connectivity index (χ0n) is 9.75. The number of aryl methyl sites for hydroxylation is 1. The van der Waals surface area contributed by atoms with Crippen LogP contribution in [-0.4, -0.2) is 16.1 Å². The van der Waals surface area contributed by atoms with Gasteiger partial charge in [0.25, 0.3) is 0 Å². The number of hydrogen-bond acceptors (Lipinski definition) is 2. The molecule has 0 atom stereocenters. The Kier molecular flexibility index (Phi) is 3.25. The van der Waals surface area contributed by atoms with Crippen LogP contribution < -0.4 is 0 Å². The molecule has 2 aromatic rings. The van der Waals surface area contributed by atoms with E-state index in [9.17, 15) is 18.0 Å². The lowest BCUT2D eigenvalue weighted by molar-refractivity contribution is -0.131. The lowest BCUT2D eigenvalue weighted by atomic mass is 10.1. The fourth-order valence-corrected chi connectivity index (χ4v) is 1.73. The monoisotopic (exact) mass is 267 g/mol. The summed E-state index contributed by atoms with van der Waals surface area (Å²) in [7, 11) is 0. The highest BCUT2D eigenvalue weighted by molar-refractivity contribution is 5.93. The molecule has 19 heavy (non-hydrogen) atoms. The molecule has 0 saturated carbocycles. The van der Waals surface area contributed by atoms with E-state index in [1.807, 2.05) is 0 Å². The molecule has 2 rings (SSSR count). The van der Waals surface area contributed by atoms with Crippen molar-refractivity contribution in [3.63, 3.8) is 0 Å². The molecule has 0 aliphatic carbocycles. The van der Waals surface area contributed by atoms with Crippen molar-refractivity contribution in [3.05, 3.63) is 46.9 Å². The Hall–Kier alpha value is -2.37. The molecule has 1 aromatic heterocycles. The van der Waals surface area contributed by atoms with Gasteiger partial charge in [-0.15, -0.1) is 0 Å². The van der Waals surface area contributed by atoms with Gasteiger partial charge in [0.2, 0.25) is 0 Å². The zero-order chi connectivity index (χ0) is 14.2. The summed E-state index contributed by atoms with van der Waals surface area (Å²) in [6, 6.07) is 2.25. The summed E-state index contributed by atoms with van der Waals surface area (Å²) >= 11 is 0. The molecule has 1 heterocycles. The van der Waals surface area contributed by atoms with E-state index in [0.29, 0.717) is 5.69 Å². The molecule has 0 aliphatic rings. The third-order valence-corrected chi connectivity index (χ3v) is 2.51. The zero-order valence-corrected chi connectivity index (χ0v) is 9.75. The molecule has 0 unspecified atom stereocenters. The van der Waals surface area contributed by atoms with Crippen LogP contribution in [-0.2, 0) is 4.79 Å². The number of carboxylic acids is 1. The van der Waals surface area contributed by atoms with Crippen molar-refractivity contribution in [2.45, 2.75) is 6.92 Å². The molecule has 6 heteroatoms. The minimum Gasteiger partial charge on any atom is -0.478 e. The van der Waals surface area contributed by atoms with E-state index >= 15 is 0 Å². The number of aliphatic carboxylic acids is 1. The number of halogens is 3. The summed E-state index contributed by atoms with van der Waals surface area (Å²) in [6.45, 7) is 1.54. The molecular weight excluding hydrogens is 259 g/mol. The number of hydrogen-bond donors (Lipinski definition) is 1. The predicted octanol–water partition coefficient (Wildman–Crippen LogP) is 3.06. The molecule has 3 nitrogen and oxygen atoms in total. The topological polar surface area (TPSA) is 50.2 Å². The van der Waals surface area contributed by atoms with E-state index in [4.69, 9.17) is 5.11 Å². The second kappa shape index (κ2) is 4.72. The van der Waals surface area contributed by atoms with E-state index in [-0.39, 0.29) is 16.5 Å². The maximum absolute atomic E-state index is 13.6. The van der Waals surface area contributed by atoms with E-state index in [2.05, 4.69) is 4.98 Å². The summed E-state index contributed by atoms with van der Waals surface area (Å²) in [5.74, 6) is -5.53. The van der Waals surface area contributed by atoms with Crippen molar-refractivity contribution in [2.24, 2.45) is 0 Å². The first-order valence-corrected chi connectivity index (χ1v) is 5.26. The van der Waals surface area contributed by atoms with Crippen molar-refractivity contribution < 1.29 is 23.1 Å². The number of fused-ring (bicyclic) bond motifs is 1. The molecule has 0 radical (unpaired) electrons. The maximum atomic E-state index is 13.6. The SMILES string of the molecule is Cc1cc(/C=C/C(=O)O)c2cc(F)c(F)c(F)c2n1. The van der Waals surface area contributed by atoms with Crippen LogP contribution in [0, 0.1) is 24.4 Å². The molecule has 0 aliphatic heterocycles. The Bertz CT molecular complexity index is 711. The van der Waals surface area contributed by atoms with Crippen LogP contribution in [0.2, 0.25) is 0 Å². The number of rotatable bonds is 2. The third-order valence-electron chi connectivity index (χ3n) is 2.51. The van der Waals surface area contributed by atoms with Crippen molar-refractivity contribution in [3.8, 4) is 0 Å². The summed E-state index contributed by atoms with van der Waals surface area (Å²) < 4.78 is 39.9. The average molecular weight is 267 g/mol. The van der Waals surface area contributed by atoms with Crippen LogP contribution in [0.1, 0.15) is 11.3 Å². The quantitative estimate of drug-likeness (QED) is 0.672. The molecule has 0 saturated heterocycles. The summed E-state index contributed by atoms with van der Waals surface area (Å²) in [5.41, 5.74) is 0.286. The van der Waals surface area contributed by atoms with Crippen molar-refractivity contribution >= 4 is 22.9 Å². The van der Waals surface area contributed by atoms with Crippen LogP contribution in [0.25, 0.3) is 17.0 Å². The Morgan fingerprint density at radius 2 is 1.95 bits per heavy atom. The number of benzene rings is 1. The minimum absolute atomic E-state index is 0.0134. The Balaban J connectivity index is 2.81. The number of nitrogens with zero attached hydrogens (tertiary/aromatic N) is 1. The van der Waals surface area contributed by atoms with E-state index < -0.39 is 23.4 Å². The molecule has 1 N–H and O–H groups in total. The second-order valence-corrected chi connectivity index (χ2v) is 3.91. The van der Waals surface area contributed by atoms with Crippen molar-refractivity contribution in [1.29, 1.82) is 0 Å². The molecule has 1 aromatic carbocycles. The lowest BCUT2D eigenvalue weighted by Gasteiger charge is -2.06. The van der Waals surface area contributed by atoms with Crippen molar-refractivity contribution in [1.82, 2.24) is 4.98 Å². The lowest BCUT2D eigenvalue weighted by Crippen LogP contribution is -1.98. The third kappa shape index (κ3) is 2.42. The predicted molar refractivity (Wildman–Crippen MR) is 63.0 cm³/mol. The summed E-state index contributed by atoms with van der Waals surface area (Å²) in [4.78, 5) is 14.3. The standard InChI is InChI=1S/C13H8F3NO2/c1-6-4-7(2-3-10(18)19)8-5-9(14)11(15)12(16)13(8)17-6/h2-5H,1H3,(H,18,19)/b3-2+. The second-order valence-electron chi connectivity index (χ2n) is 3.91. The first-order valence-electron chi connectivity index (χ1n) is 5.26. The van der Waals surface area contributed by atoms with E-state index in [0.717, 1.165) is 12.1 Å². The molecule has 98 valence electrons. The Morgan fingerprint density at radius 3 is 2.58 bits per heavy atom.